The van der Waals surface area contributed by atoms with E-state index < -0.39 is 0 Å². The lowest BCUT2D eigenvalue weighted by atomic mass is 10.1. The van der Waals surface area contributed by atoms with Gasteiger partial charge in [-0.2, -0.15) is 0 Å². The van der Waals surface area contributed by atoms with E-state index in [9.17, 15) is 9.59 Å². The van der Waals surface area contributed by atoms with Gasteiger partial charge in [0, 0.05) is 30.2 Å². The highest BCUT2D eigenvalue weighted by molar-refractivity contribution is 9.10. The highest BCUT2D eigenvalue weighted by atomic mass is 79.9. The second kappa shape index (κ2) is 5.10. The highest BCUT2D eigenvalue weighted by Crippen LogP contribution is 2.19. The summed E-state index contributed by atoms with van der Waals surface area (Å²) in [6, 6.07) is 5.50. The molecule has 0 N–H and O–H groups in total. The zero-order valence-electron chi connectivity index (χ0n) is 10.4. The fourth-order valence-electron chi connectivity index (χ4n) is 1.84. The van der Waals surface area contributed by atoms with Crippen LogP contribution >= 0.6 is 15.9 Å². The molecule has 1 aromatic carbocycles. The molecule has 4 nitrogen and oxygen atoms in total. The van der Waals surface area contributed by atoms with Crippen molar-refractivity contribution in [1.29, 1.82) is 0 Å². The molecule has 2 amide bonds. The first kappa shape index (κ1) is 13.1. The lowest BCUT2D eigenvalue weighted by Gasteiger charge is -2.32. The summed E-state index contributed by atoms with van der Waals surface area (Å²) in [6.07, 6.45) is 0. The Bertz CT molecular complexity index is 502. The number of hydrogen-bond acceptors (Lipinski definition) is 2. The van der Waals surface area contributed by atoms with E-state index in [2.05, 4.69) is 15.9 Å². The fourth-order valence-corrected chi connectivity index (χ4v) is 2.22. The van der Waals surface area contributed by atoms with Crippen molar-refractivity contribution < 1.29 is 9.59 Å². The molecule has 0 bridgehead atoms. The van der Waals surface area contributed by atoms with Crippen molar-refractivity contribution in [2.24, 2.45) is 0 Å². The van der Waals surface area contributed by atoms with E-state index in [4.69, 9.17) is 0 Å². The molecule has 1 heterocycles. The van der Waals surface area contributed by atoms with Crippen molar-refractivity contribution >= 4 is 27.7 Å². The normalized spacial score (nSPS) is 16.1. The monoisotopic (exact) mass is 310 g/mol. The van der Waals surface area contributed by atoms with Gasteiger partial charge >= 0.3 is 0 Å². The lowest BCUT2D eigenvalue weighted by molar-refractivity contribution is -0.133. The number of piperazine rings is 1. The number of hydrogen-bond donors (Lipinski definition) is 0. The minimum atomic E-state index is -0.0860. The molecule has 0 atom stereocenters. The summed E-state index contributed by atoms with van der Waals surface area (Å²) in [6.45, 7) is 3.32. The van der Waals surface area contributed by atoms with E-state index in [1.807, 2.05) is 13.0 Å². The van der Waals surface area contributed by atoms with Crippen molar-refractivity contribution in [3.05, 3.63) is 33.8 Å². The predicted octanol–water partition coefficient (Wildman–Crippen LogP) is 1.67. The maximum absolute atomic E-state index is 12.2. The Morgan fingerprint density at radius 1 is 1.33 bits per heavy atom. The molecule has 96 valence electrons. The van der Waals surface area contributed by atoms with Crippen molar-refractivity contribution in [2.75, 3.05) is 26.7 Å². The number of nitrogens with zero attached hydrogens (tertiary/aromatic N) is 2. The zero-order chi connectivity index (χ0) is 13.3. The zero-order valence-corrected chi connectivity index (χ0v) is 12.0. The number of carbonyl (C=O) groups excluding carboxylic acids is 2. The van der Waals surface area contributed by atoms with E-state index in [0.717, 1.165) is 10.0 Å². The summed E-state index contributed by atoms with van der Waals surface area (Å²) in [7, 11) is 1.76. The molecule has 0 spiro atoms. The van der Waals surface area contributed by atoms with Crippen LogP contribution in [0.1, 0.15) is 15.9 Å². The van der Waals surface area contributed by atoms with Crippen LogP contribution in [0.15, 0.2) is 22.7 Å². The molecule has 0 unspecified atom stereocenters. The molecule has 18 heavy (non-hydrogen) atoms. The van der Waals surface area contributed by atoms with Crippen molar-refractivity contribution in [3.8, 4) is 0 Å². The quantitative estimate of drug-likeness (QED) is 0.791. The van der Waals surface area contributed by atoms with Gasteiger partial charge in [-0.15, -0.1) is 0 Å². The van der Waals surface area contributed by atoms with E-state index >= 15 is 0 Å². The van der Waals surface area contributed by atoms with Gasteiger partial charge in [0.05, 0.1) is 0 Å². The molecule has 2 rings (SSSR count). The molecule has 0 saturated carbocycles. The SMILES string of the molecule is Cc1ccc(C(=O)N2CCN(C)C(=O)C2)cc1Br. The van der Waals surface area contributed by atoms with Gasteiger partial charge in [0.25, 0.3) is 5.91 Å². The Balaban J connectivity index is 2.16. The van der Waals surface area contributed by atoms with Crippen LogP contribution in [0.3, 0.4) is 0 Å². The van der Waals surface area contributed by atoms with Gasteiger partial charge in [-0.1, -0.05) is 22.0 Å². The lowest BCUT2D eigenvalue weighted by Crippen LogP contribution is -2.50. The summed E-state index contributed by atoms with van der Waals surface area (Å²) < 4.78 is 0.911. The van der Waals surface area contributed by atoms with E-state index in [0.29, 0.717) is 18.7 Å². The third-order valence-electron chi connectivity index (χ3n) is 3.16. The van der Waals surface area contributed by atoms with E-state index in [-0.39, 0.29) is 18.4 Å². The first-order valence-electron chi connectivity index (χ1n) is 5.78. The minimum Gasteiger partial charge on any atom is -0.342 e. The number of carbonyl (C=O) groups is 2. The number of halogens is 1. The smallest absolute Gasteiger partial charge is 0.254 e. The fraction of sp³-hybridized carbons (Fsp3) is 0.385. The molecular weight excluding hydrogens is 296 g/mol. The molecular formula is C13H15BrN2O2. The van der Waals surface area contributed by atoms with Crippen molar-refractivity contribution in [1.82, 2.24) is 9.80 Å². The van der Waals surface area contributed by atoms with Gasteiger partial charge < -0.3 is 9.80 Å². The Morgan fingerprint density at radius 3 is 2.67 bits per heavy atom. The predicted molar refractivity (Wildman–Crippen MR) is 72.4 cm³/mol. The molecule has 0 aliphatic carbocycles. The van der Waals surface area contributed by atoms with Crippen LogP contribution < -0.4 is 0 Å². The topological polar surface area (TPSA) is 40.6 Å². The Kier molecular flexibility index (Phi) is 3.71. The van der Waals surface area contributed by atoms with Crippen LogP contribution in [0.2, 0.25) is 0 Å². The van der Waals surface area contributed by atoms with Crippen molar-refractivity contribution in [3.63, 3.8) is 0 Å². The summed E-state index contributed by atoms with van der Waals surface area (Å²) in [5, 5.41) is 0. The number of rotatable bonds is 1. The third kappa shape index (κ3) is 2.56. The van der Waals surface area contributed by atoms with Crippen LogP contribution in [0.25, 0.3) is 0 Å². The van der Waals surface area contributed by atoms with Crippen LogP contribution in [0, 0.1) is 6.92 Å². The van der Waals surface area contributed by atoms with E-state index in [1.165, 1.54) is 0 Å². The number of aryl methyl sites for hydroxylation is 1. The van der Waals surface area contributed by atoms with Crippen LogP contribution in [0.5, 0.6) is 0 Å². The Morgan fingerprint density at radius 2 is 2.06 bits per heavy atom. The average molecular weight is 311 g/mol. The number of likely N-dealkylation sites (N-methyl/N-ethyl adjacent to an activating group) is 1. The van der Waals surface area contributed by atoms with Gasteiger partial charge in [-0.25, -0.2) is 0 Å². The first-order chi connectivity index (χ1) is 8.49. The molecule has 1 aromatic rings. The largest absolute Gasteiger partial charge is 0.342 e. The van der Waals surface area contributed by atoms with E-state index in [1.54, 1.807) is 29.0 Å². The Labute approximate surface area is 115 Å². The van der Waals surface area contributed by atoms with Gasteiger partial charge in [0.2, 0.25) is 5.91 Å². The number of amides is 2. The minimum absolute atomic E-state index is 0.0132. The molecule has 1 saturated heterocycles. The average Bonchev–Trinajstić information content (AvgIpc) is 2.35. The summed E-state index contributed by atoms with van der Waals surface area (Å²) in [5.74, 6) is -0.0991. The highest BCUT2D eigenvalue weighted by Gasteiger charge is 2.25. The van der Waals surface area contributed by atoms with Crippen molar-refractivity contribution in [2.45, 2.75) is 6.92 Å². The molecule has 0 radical (unpaired) electrons. The molecule has 5 heteroatoms. The van der Waals surface area contributed by atoms with Gasteiger partial charge in [-0.05, 0) is 24.6 Å². The van der Waals surface area contributed by atoms with Crippen LogP contribution in [0.4, 0.5) is 0 Å². The first-order valence-corrected chi connectivity index (χ1v) is 6.57. The summed E-state index contributed by atoms with van der Waals surface area (Å²) in [5.41, 5.74) is 1.70. The number of benzene rings is 1. The van der Waals surface area contributed by atoms with Gasteiger partial charge in [0.15, 0.2) is 0 Å². The third-order valence-corrected chi connectivity index (χ3v) is 4.02. The van der Waals surface area contributed by atoms with Crippen LogP contribution in [-0.4, -0.2) is 48.3 Å². The molecule has 1 fully saturated rings. The second-order valence-electron chi connectivity index (χ2n) is 4.51. The maximum Gasteiger partial charge on any atom is 0.254 e. The molecule has 1 aliphatic rings. The van der Waals surface area contributed by atoms with Crippen LogP contribution in [-0.2, 0) is 4.79 Å². The molecule has 0 aromatic heterocycles. The summed E-state index contributed by atoms with van der Waals surface area (Å²) in [4.78, 5) is 27.1. The Hall–Kier alpha value is -1.36. The maximum atomic E-state index is 12.2. The van der Waals surface area contributed by atoms with Gasteiger partial charge in [0.1, 0.15) is 6.54 Å². The standard InChI is InChI=1S/C13H15BrN2O2/c1-9-3-4-10(7-11(9)14)13(18)16-6-5-15(2)12(17)8-16/h3-4,7H,5-6,8H2,1-2H3. The molecule has 1 aliphatic heterocycles. The summed E-state index contributed by atoms with van der Waals surface area (Å²) >= 11 is 3.41. The second-order valence-corrected chi connectivity index (χ2v) is 5.36. The van der Waals surface area contributed by atoms with Gasteiger partial charge in [-0.3, -0.25) is 9.59 Å².